The van der Waals surface area contributed by atoms with Crippen molar-refractivity contribution in [2.45, 2.75) is 20.8 Å². The van der Waals surface area contributed by atoms with E-state index >= 15 is 0 Å². The molecule has 0 aliphatic heterocycles. The second kappa shape index (κ2) is 5.43. The number of nitrogen functional groups attached to an aromatic ring is 2. The van der Waals surface area contributed by atoms with Crippen LogP contribution in [-0.4, -0.2) is 0 Å². The standard InChI is InChI=1S/C7H11N3.C2H6.H2/c1-5-2-3-6(8)7(4-5)10-9;1-2;/h2-4,10H,8-9H2,1H3;1-2H3;1H. The average molecular weight is 169 g/mol. The van der Waals surface area contributed by atoms with Gasteiger partial charge in [-0.15, -0.1) is 0 Å². The third-order valence-corrected chi connectivity index (χ3v) is 1.36. The fraction of sp³-hybridized carbons (Fsp3) is 0.333. The maximum absolute atomic E-state index is 5.56. The molecule has 0 spiro atoms. The molecule has 0 aromatic heterocycles. The summed E-state index contributed by atoms with van der Waals surface area (Å²) in [4.78, 5) is 0. The lowest BCUT2D eigenvalue weighted by Crippen LogP contribution is -2.08. The largest absolute Gasteiger partial charge is 0.397 e. The summed E-state index contributed by atoms with van der Waals surface area (Å²) in [7, 11) is 0. The lowest BCUT2D eigenvalue weighted by atomic mass is 10.2. The van der Waals surface area contributed by atoms with Crippen molar-refractivity contribution in [3.05, 3.63) is 23.8 Å². The molecule has 12 heavy (non-hydrogen) atoms. The van der Waals surface area contributed by atoms with Gasteiger partial charge in [0.2, 0.25) is 0 Å². The predicted molar refractivity (Wildman–Crippen MR) is 56.9 cm³/mol. The van der Waals surface area contributed by atoms with E-state index < -0.39 is 0 Å². The second-order valence-electron chi connectivity index (χ2n) is 2.24. The first kappa shape index (κ1) is 10.8. The monoisotopic (exact) mass is 169 g/mol. The molecule has 3 heteroatoms. The Morgan fingerprint density at radius 2 is 1.92 bits per heavy atom. The Balaban J connectivity index is 0. The molecule has 0 saturated carbocycles. The zero-order valence-electron chi connectivity index (χ0n) is 7.89. The van der Waals surface area contributed by atoms with Crippen molar-refractivity contribution in [2.24, 2.45) is 5.84 Å². The Kier molecular flexibility index (Phi) is 4.88. The van der Waals surface area contributed by atoms with Crippen LogP contribution in [0.3, 0.4) is 0 Å². The van der Waals surface area contributed by atoms with Gasteiger partial charge < -0.3 is 11.2 Å². The fourth-order valence-corrected chi connectivity index (χ4v) is 0.795. The van der Waals surface area contributed by atoms with Gasteiger partial charge in [0.25, 0.3) is 0 Å². The van der Waals surface area contributed by atoms with Crippen LogP contribution in [0.5, 0.6) is 0 Å². The number of hydrazine groups is 1. The number of hydrogen-bond donors (Lipinski definition) is 3. The molecule has 0 saturated heterocycles. The van der Waals surface area contributed by atoms with Crippen LogP contribution in [0.15, 0.2) is 18.2 Å². The Bertz CT molecular complexity index is 238. The summed E-state index contributed by atoms with van der Waals surface area (Å²) in [5, 5.41) is 0. The number of anilines is 2. The molecule has 3 nitrogen and oxygen atoms in total. The number of nitrogens with one attached hydrogen (secondary N) is 1. The molecule has 1 rings (SSSR count). The SMILES string of the molecule is CC.Cc1ccc(N)c(NN)c1.[HH]. The molecule has 0 atom stereocenters. The van der Waals surface area contributed by atoms with Crippen LogP contribution in [0.1, 0.15) is 20.8 Å². The highest BCUT2D eigenvalue weighted by Crippen LogP contribution is 2.17. The van der Waals surface area contributed by atoms with Crippen molar-refractivity contribution in [1.29, 1.82) is 0 Å². The molecule has 5 N–H and O–H groups in total. The van der Waals surface area contributed by atoms with Gasteiger partial charge in [0.05, 0.1) is 11.4 Å². The van der Waals surface area contributed by atoms with E-state index in [4.69, 9.17) is 11.6 Å². The van der Waals surface area contributed by atoms with Gasteiger partial charge in [-0.25, -0.2) is 0 Å². The van der Waals surface area contributed by atoms with Crippen LogP contribution in [0.4, 0.5) is 11.4 Å². The fourth-order valence-electron chi connectivity index (χ4n) is 0.795. The number of rotatable bonds is 1. The minimum absolute atomic E-state index is 0. The molecule has 1 aromatic carbocycles. The van der Waals surface area contributed by atoms with Gasteiger partial charge in [0.15, 0.2) is 0 Å². The Hall–Kier alpha value is -1.22. The van der Waals surface area contributed by atoms with Crippen molar-refractivity contribution in [2.75, 3.05) is 11.2 Å². The van der Waals surface area contributed by atoms with Crippen molar-refractivity contribution in [3.63, 3.8) is 0 Å². The Morgan fingerprint density at radius 3 is 2.33 bits per heavy atom. The second-order valence-corrected chi connectivity index (χ2v) is 2.24. The molecule has 0 fully saturated rings. The molecule has 0 aliphatic carbocycles. The summed E-state index contributed by atoms with van der Waals surface area (Å²) in [6.07, 6.45) is 0. The van der Waals surface area contributed by atoms with Gasteiger partial charge in [-0.3, -0.25) is 5.84 Å². The van der Waals surface area contributed by atoms with Gasteiger partial charge in [0, 0.05) is 1.43 Å². The lowest BCUT2D eigenvalue weighted by molar-refractivity contribution is 1.33. The lowest BCUT2D eigenvalue weighted by Gasteiger charge is -2.03. The molecule has 0 heterocycles. The van der Waals surface area contributed by atoms with Crippen LogP contribution in [0.2, 0.25) is 0 Å². The highest BCUT2D eigenvalue weighted by Gasteiger charge is 1.94. The number of benzene rings is 1. The smallest absolute Gasteiger partial charge is 0.0718 e. The van der Waals surface area contributed by atoms with Gasteiger partial charge >= 0.3 is 0 Å². The van der Waals surface area contributed by atoms with Crippen molar-refractivity contribution in [1.82, 2.24) is 0 Å². The van der Waals surface area contributed by atoms with E-state index in [9.17, 15) is 0 Å². The van der Waals surface area contributed by atoms with Crippen LogP contribution >= 0.6 is 0 Å². The summed E-state index contributed by atoms with van der Waals surface area (Å²) in [6, 6.07) is 5.66. The molecule has 0 radical (unpaired) electrons. The first-order valence-electron chi connectivity index (χ1n) is 4.07. The van der Waals surface area contributed by atoms with E-state index in [2.05, 4.69) is 5.43 Å². The Labute approximate surface area is 75.2 Å². The number of hydrogen-bond acceptors (Lipinski definition) is 3. The topological polar surface area (TPSA) is 64.1 Å². The van der Waals surface area contributed by atoms with Crippen LogP contribution in [-0.2, 0) is 0 Å². The third-order valence-electron chi connectivity index (χ3n) is 1.36. The molecule has 0 bridgehead atoms. The average Bonchev–Trinajstić information content (AvgIpc) is 2.13. The van der Waals surface area contributed by atoms with Crippen molar-refractivity contribution < 1.29 is 1.43 Å². The molecule has 0 unspecified atom stereocenters. The number of nitrogens with two attached hydrogens (primary N) is 2. The molecular formula is C9H19N3. The molecule has 1 aromatic rings. The van der Waals surface area contributed by atoms with Crippen molar-refractivity contribution >= 4 is 11.4 Å². The summed E-state index contributed by atoms with van der Waals surface area (Å²) in [5.74, 6) is 5.19. The van der Waals surface area contributed by atoms with E-state index in [1.54, 1.807) is 0 Å². The molecule has 0 aliphatic rings. The number of aryl methyl sites for hydroxylation is 1. The van der Waals surface area contributed by atoms with Gasteiger partial charge in [0.1, 0.15) is 0 Å². The highest BCUT2D eigenvalue weighted by molar-refractivity contribution is 5.66. The van der Waals surface area contributed by atoms with Gasteiger partial charge in [-0.1, -0.05) is 19.9 Å². The van der Waals surface area contributed by atoms with E-state index in [1.807, 2.05) is 39.0 Å². The minimum atomic E-state index is 0. The maximum atomic E-state index is 5.56. The van der Waals surface area contributed by atoms with E-state index in [-0.39, 0.29) is 1.43 Å². The van der Waals surface area contributed by atoms with Crippen LogP contribution in [0.25, 0.3) is 0 Å². The van der Waals surface area contributed by atoms with Gasteiger partial charge in [-0.2, -0.15) is 0 Å². The maximum Gasteiger partial charge on any atom is 0.0718 e. The zero-order valence-corrected chi connectivity index (χ0v) is 7.89. The zero-order chi connectivity index (χ0) is 9.56. The highest BCUT2D eigenvalue weighted by atomic mass is 15.2. The quantitative estimate of drug-likeness (QED) is 0.343. The normalized spacial score (nSPS) is 8.33. The molecule has 70 valence electrons. The van der Waals surface area contributed by atoms with Gasteiger partial charge in [-0.05, 0) is 24.6 Å². The third kappa shape index (κ3) is 2.80. The summed E-state index contributed by atoms with van der Waals surface area (Å²) >= 11 is 0. The first-order chi connectivity index (χ1) is 5.74. The van der Waals surface area contributed by atoms with Crippen LogP contribution < -0.4 is 17.0 Å². The molecule has 0 amide bonds. The minimum Gasteiger partial charge on any atom is -0.397 e. The van der Waals surface area contributed by atoms with Crippen molar-refractivity contribution in [3.8, 4) is 0 Å². The summed E-state index contributed by atoms with van der Waals surface area (Å²) < 4.78 is 0. The van der Waals surface area contributed by atoms with Crippen LogP contribution in [0, 0.1) is 6.92 Å². The summed E-state index contributed by atoms with van der Waals surface area (Å²) in [6.45, 7) is 5.99. The van der Waals surface area contributed by atoms with E-state index in [0.717, 1.165) is 11.3 Å². The first-order valence-corrected chi connectivity index (χ1v) is 4.07. The molecular weight excluding hydrogens is 150 g/mol. The van der Waals surface area contributed by atoms with E-state index in [0.29, 0.717) is 5.69 Å². The van der Waals surface area contributed by atoms with E-state index in [1.165, 1.54) is 0 Å². The predicted octanol–water partition coefficient (Wildman–Crippen LogP) is 2.14. The summed E-state index contributed by atoms with van der Waals surface area (Å²) in [5.41, 5.74) is 10.7. The Morgan fingerprint density at radius 1 is 1.33 bits per heavy atom.